The second-order valence-corrected chi connectivity index (χ2v) is 10.8. The fourth-order valence-corrected chi connectivity index (χ4v) is 5.52. The maximum absolute atomic E-state index is 12.5. The summed E-state index contributed by atoms with van der Waals surface area (Å²) in [5.41, 5.74) is 0.623. The second kappa shape index (κ2) is 12.3. The van der Waals surface area contributed by atoms with Gasteiger partial charge in [-0.1, -0.05) is 38.0 Å². The largest absolute Gasteiger partial charge is 0.392 e. The van der Waals surface area contributed by atoms with Crippen LogP contribution in [0, 0.1) is 17.8 Å². The van der Waals surface area contributed by atoms with Gasteiger partial charge in [-0.3, -0.25) is 4.79 Å². The lowest BCUT2D eigenvalue weighted by Gasteiger charge is -2.30. The fourth-order valence-electron chi connectivity index (χ4n) is 5.52. The summed E-state index contributed by atoms with van der Waals surface area (Å²) in [5, 5.41) is 21.1. The number of rotatable bonds is 13. The van der Waals surface area contributed by atoms with Crippen molar-refractivity contribution in [2.75, 3.05) is 13.2 Å². The van der Waals surface area contributed by atoms with Crippen LogP contribution in [0.1, 0.15) is 86.5 Å². The third-order valence-electron chi connectivity index (χ3n) is 7.08. The van der Waals surface area contributed by atoms with E-state index in [0.29, 0.717) is 37.9 Å². The van der Waals surface area contributed by atoms with Crippen molar-refractivity contribution in [3.05, 3.63) is 23.8 Å². The molecule has 0 bridgehead atoms. The van der Waals surface area contributed by atoms with E-state index in [1.54, 1.807) is 0 Å². The smallest absolute Gasteiger partial charge is 0.225 e. The summed E-state index contributed by atoms with van der Waals surface area (Å²) in [6, 6.07) is 0.400. The molecule has 0 unspecified atom stereocenters. The average molecular weight is 450 g/mol. The van der Waals surface area contributed by atoms with Crippen LogP contribution in [-0.4, -0.2) is 58.0 Å². The molecule has 2 rings (SSSR count). The molecule has 5 atom stereocenters. The van der Waals surface area contributed by atoms with Gasteiger partial charge in [0.25, 0.3) is 0 Å². The van der Waals surface area contributed by atoms with Gasteiger partial charge in [0.1, 0.15) is 0 Å². The Balaban J connectivity index is 1.78. The Hall–Kier alpha value is -1.17. The lowest BCUT2D eigenvalue weighted by molar-refractivity contribution is -0.135. The summed E-state index contributed by atoms with van der Waals surface area (Å²) in [6.45, 7) is 13.2. The van der Waals surface area contributed by atoms with Gasteiger partial charge in [-0.25, -0.2) is 0 Å². The lowest BCUT2D eigenvalue weighted by atomic mass is 9.88. The zero-order valence-electron chi connectivity index (χ0n) is 21.2. The minimum Gasteiger partial charge on any atom is -0.392 e. The van der Waals surface area contributed by atoms with Crippen molar-refractivity contribution in [1.82, 2.24) is 4.90 Å². The minimum absolute atomic E-state index is 0.142. The predicted molar refractivity (Wildman–Crippen MR) is 130 cm³/mol. The first kappa shape index (κ1) is 27.1. The molecule has 0 heterocycles. The minimum atomic E-state index is -0.666. The quantitative estimate of drug-likeness (QED) is 0.311. The van der Waals surface area contributed by atoms with E-state index in [1.165, 1.54) is 5.57 Å². The Kier molecular flexibility index (Phi) is 10.4. The summed E-state index contributed by atoms with van der Waals surface area (Å²) < 4.78 is 5.86. The molecule has 1 amide bonds. The highest BCUT2D eigenvalue weighted by Crippen LogP contribution is 2.47. The third-order valence-corrected chi connectivity index (χ3v) is 7.08. The topological polar surface area (TPSA) is 70.0 Å². The molecule has 5 nitrogen and oxygen atoms in total. The third kappa shape index (κ3) is 7.71. The van der Waals surface area contributed by atoms with Crippen LogP contribution in [0.25, 0.3) is 0 Å². The number of aliphatic hydroxyl groups excluding tert-OH is 1. The van der Waals surface area contributed by atoms with Crippen LogP contribution in [0.3, 0.4) is 0 Å². The van der Waals surface area contributed by atoms with Gasteiger partial charge in [-0.05, 0) is 77.7 Å². The number of nitrogens with zero attached hydrogens (tertiary/aromatic N) is 1. The van der Waals surface area contributed by atoms with Gasteiger partial charge >= 0.3 is 0 Å². The zero-order valence-corrected chi connectivity index (χ0v) is 21.2. The normalized spacial score (nSPS) is 27.2. The number of carbonyl (C=O) groups excluding carboxylic acids is 1. The SMILES string of the molecule is CCCC[C@](C)(O)C/C=C/[C@@H]1[C@H]2CC(COCCC(=O)N(C(C)C)C(C)C)=C[C@H]2C[C@H]1O. The zero-order chi connectivity index (χ0) is 23.9. The van der Waals surface area contributed by atoms with Crippen molar-refractivity contribution >= 4 is 5.91 Å². The molecule has 32 heavy (non-hydrogen) atoms. The molecule has 5 heteroatoms. The summed E-state index contributed by atoms with van der Waals surface area (Å²) in [6.07, 6.45) is 11.9. The maximum atomic E-state index is 12.5. The molecule has 0 aromatic rings. The average Bonchev–Trinajstić information content (AvgIpc) is 3.20. The van der Waals surface area contributed by atoms with E-state index in [9.17, 15) is 15.0 Å². The van der Waals surface area contributed by atoms with Gasteiger partial charge in [0.2, 0.25) is 5.91 Å². The number of allylic oxidation sites excluding steroid dienone is 1. The first-order valence-corrected chi connectivity index (χ1v) is 12.7. The molecule has 0 saturated heterocycles. The van der Waals surface area contributed by atoms with E-state index in [4.69, 9.17) is 4.74 Å². The van der Waals surface area contributed by atoms with E-state index in [0.717, 1.165) is 32.1 Å². The number of hydrogen-bond acceptors (Lipinski definition) is 4. The number of amides is 1. The number of ether oxygens (including phenoxy) is 1. The molecular weight excluding hydrogens is 402 g/mol. The summed E-state index contributed by atoms with van der Waals surface area (Å²) >= 11 is 0. The second-order valence-electron chi connectivity index (χ2n) is 10.8. The molecular formula is C27H47NO4. The molecule has 184 valence electrons. The van der Waals surface area contributed by atoms with E-state index < -0.39 is 5.60 Å². The highest BCUT2D eigenvalue weighted by Gasteiger charge is 2.43. The van der Waals surface area contributed by atoms with Crippen molar-refractivity contribution in [3.8, 4) is 0 Å². The van der Waals surface area contributed by atoms with Crippen molar-refractivity contribution < 1.29 is 19.7 Å². The van der Waals surface area contributed by atoms with Crippen LogP contribution in [-0.2, 0) is 9.53 Å². The summed E-state index contributed by atoms with van der Waals surface area (Å²) in [7, 11) is 0. The number of unbranched alkanes of at least 4 members (excludes halogenated alkanes) is 1. The Bertz CT molecular complexity index is 644. The highest BCUT2D eigenvalue weighted by molar-refractivity contribution is 5.76. The number of fused-ring (bicyclic) bond motifs is 1. The van der Waals surface area contributed by atoms with Gasteiger partial charge in [-0.2, -0.15) is 0 Å². The van der Waals surface area contributed by atoms with E-state index >= 15 is 0 Å². The van der Waals surface area contributed by atoms with Gasteiger partial charge in [0.15, 0.2) is 0 Å². The summed E-state index contributed by atoms with van der Waals surface area (Å²) in [5.74, 6) is 1.11. The van der Waals surface area contributed by atoms with Crippen molar-refractivity contribution in [2.45, 2.75) is 110 Å². The molecule has 1 saturated carbocycles. The van der Waals surface area contributed by atoms with E-state index in [-0.39, 0.29) is 30.0 Å². The van der Waals surface area contributed by atoms with Gasteiger partial charge in [0.05, 0.1) is 31.3 Å². The molecule has 0 radical (unpaired) electrons. The standard InChI is InChI=1S/C27H47NO4/c1-7-8-12-27(6,31)13-9-10-23-24-16-21(15-22(24)17-25(23)29)18-32-14-11-26(30)28(19(2)3)20(4)5/h9-10,15,19-20,22-25,29,31H,7-8,11-14,16-18H2,1-6H3/b10-9+/t22-,23+,24-,25+,27-/m0/s1. The molecule has 0 aromatic heterocycles. The molecule has 0 spiro atoms. The molecule has 0 aliphatic heterocycles. The molecule has 2 N–H and O–H groups in total. The van der Waals surface area contributed by atoms with E-state index in [2.05, 4.69) is 25.2 Å². The molecule has 2 aliphatic carbocycles. The van der Waals surface area contributed by atoms with Gasteiger partial charge in [0, 0.05) is 18.0 Å². The molecule has 1 fully saturated rings. The lowest BCUT2D eigenvalue weighted by Crippen LogP contribution is -2.42. The molecule has 2 aliphatic rings. The maximum Gasteiger partial charge on any atom is 0.225 e. The van der Waals surface area contributed by atoms with Crippen LogP contribution >= 0.6 is 0 Å². The van der Waals surface area contributed by atoms with Crippen molar-refractivity contribution in [2.24, 2.45) is 17.8 Å². The predicted octanol–water partition coefficient (Wildman–Crippen LogP) is 4.87. The monoisotopic (exact) mass is 449 g/mol. The fraction of sp³-hybridized carbons (Fsp3) is 0.815. The van der Waals surface area contributed by atoms with Crippen molar-refractivity contribution in [1.29, 1.82) is 0 Å². The summed E-state index contributed by atoms with van der Waals surface area (Å²) in [4.78, 5) is 14.4. The Labute approximate surface area is 195 Å². The number of aliphatic hydroxyl groups is 2. The van der Waals surface area contributed by atoms with Gasteiger partial charge in [-0.15, -0.1) is 0 Å². The van der Waals surface area contributed by atoms with Crippen LogP contribution < -0.4 is 0 Å². The van der Waals surface area contributed by atoms with Crippen molar-refractivity contribution in [3.63, 3.8) is 0 Å². The Morgan fingerprint density at radius 2 is 2.00 bits per heavy atom. The first-order chi connectivity index (χ1) is 15.1. The van der Waals surface area contributed by atoms with E-state index in [1.807, 2.05) is 39.5 Å². The van der Waals surface area contributed by atoms with Crippen LogP contribution in [0.4, 0.5) is 0 Å². The number of carbonyl (C=O) groups is 1. The Morgan fingerprint density at radius 1 is 1.31 bits per heavy atom. The van der Waals surface area contributed by atoms with Crippen LogP contribution in [0.15, 0.2) is 23.8 Å². The van der Waals surface area contributed by atoms with Gasteiger partial charge < -0.3 is 19.8 Å². The first-order valence-electron chi connectivity index (χ1n) is 12.7. The number of hydrogen-bond donors (Lipinski definition) is 2. The Morgan fingerprint density at radius 3 is 2.62 bits per heavy atom. The van der Waals surface area contributed by atoms with Crippen LogP contribution in [0.2, 0.25) is 0 Å². The molecule has 0 aromatic carbocycles. The highest BCUT2D eigenvalue weighted by atomic mass is 16.5. The van der Waals surface area contributed by atoms with Crippen LogP contribution in [0.5, 0.6) is 0 Å².